The van der Waals surface area contributed by atoms with E-state index in [1.54, 1.807) is 0 Å². The summed E-state index contributed by atoms with van der Waals surface area (Å²) in [5.74, 6) is -0.298. The average molecular weight is 384 g/mol. The van der Waals surface area contributed by atoms with Gasteiger partial charge >= 0.3 is 0 Å². The molecule has 2 N–H and O–H groups in total. The molecular formula is C24H49NO2. The van der Waals surface area contributed by atoms with E-state index in [9.17, 15) is 4.79 Å². The van der Waals surface area contributed by atoms with E-state index in [2.05, 4.69) is 6.92 Å². The van der Waals surface area contributed by atoms with Gasteiger partial charge in [-0.1, -0.05) is 117 Å². The topological polar surface area (TPSA) is 52.3 Å². The van der Waals surface area contributed by atoms with E-state index in [1.165, 1.54) is 96.3 Å². The van der Waals surface area contributed by atoms with Crippen molar-refractivity contribution in [1.82, 2.24) is 0 Å². The molecule has 27 heavy (non-hydrogen) atoms. The molecule has 0 aromatic rings. The summed E-state index contributed by atoms with van der Waals surface area (Å²) in [5, 5.41) is 0. The summed E-state index contributed by atoms with van der Waals surface area (Å²) in [6.07, 6.45) is 23.2. The monoisotopic (exact) mass is 383 g/mol. The molecule has 1 amide bonds. The van der Waals surface area contributed by atoms with Gasteiger partial charge < -0.3 is 10.5 Å². The first kappa shape index (κ1) is 26.4. The first-order chi connectivity index (χ1) is 13.1. The minimum absolute atomic E-state index is 0.298. The lowest BCUT2D eigenvalue weighted by Crippen LogP contribution is -2.45. The molecule has 0 aromatic heterocycles. The summed E-state index contributed by atoms with van der Waals surface area (Å²) >= 11 is 0. The second-order valence-electron chi connectivity index (χ2n) is 8.20. The molecule has 0 aromatic carbocycles. The minimum atomic E-state index is -0.731. The SMILES string of the molecule is CCCCCCCCCCCCCCCCCCC(CC)(OCC)C(N)=O. The summed E-state index contributed by atoms with van der Waals surface area (Å²) in [6.45, 7) is 6.76. The number of hydrogen-bond donors (Lipinski definition) is 1. The van der Waals surface area contributed by atoms with Gasteiger partial charge in [0.15, 0.2) is 0 Å². The van der Waals surface area contributed by atoms with Gasteiger partial charge in [0, 0.05) is 6.61 Å². The molecule has 0 radical (unpaired) electrons. The minimum Gasteiger partial charge on any atom is -0.367 e. The average Bonchev–Trinajstić information content (AvgIpc) is 2.66. The highest BCUT2D eigenvalue weighted by molar-refractivity contribution is 5.83. The van der Waals surface area contributed by atoms with Gasteiger partial charge in [-0.2, -0.15) is 0 Å². The number of carbonyl (C=O) groups is 1. The molecule has 0 saturated carbocycles. The molecule has 3 heteroatoms. The van der Waals surface area contributed by atoms with Gasteiger partial charge in [0.1, 0.15) is 5.60 Å². The lowest BCUT2D eigenvalue weighted by atomic mass is 9.91. The number of rotatable bonds is 21. The maximum atomic E-state index is 11.7. The van der Waals surface area contributed by atoms with E-state index in [1.807, 2.05) is 13.8 Å². The predicted octanol–water partition coefficient (Wildman–Crippen LogP) is 7.31. The third-order valence-corrected chi connectivity index (χ3v) is 5.87. The molecule has 162 valence electrons. The highest BCUT2D eigenvalue weighted by Crippen LogP contribution is 2.24. The standard InChI is InChI=1S/C24H49NO2/c1-4-7-8-9-10-11-12-13-14-15-16-17-18-19-20-21-22-24(5-2,23(25)26)27-6-3/h4-22H2,1-3H3,(H2,25,26). The highest BCUT2D eigenvalue weighted by Gasteiger charge is 2.34. The Bertz CT molecular complexity index is 332. The van der Waals surface area contributed by atoms with E-state index in [0.29, 0.717) is 13.0 Å². The van der Waals surface area contributed by atoms with E-state index < -0.39 is 5.60 Å². The van der Waals surface area contributed by atoms with Gasteiger partial charge in [0.25, 0.3) is 0 Å². The first-order valence-corrected chi connectivity index (χ1v) is 12.1. The summed E-state index contributed by atoms with van der Waals surface area (Å²) in [7, 11) is 0. The van der Waals surface area contributed by atoms with Gasteiger partial charge in [-0.25, -0.2) is 0 Å². The van der Waals surface area contributed by atoms with Crippen molar-refractivity contribution in [2.45, 2.75) is 142 Å². The van der Waals surface area contributed by atoms with Crippen molar-refractivity contribution < 1.29 is 9.53 Å². The Labute approximate surface area is 170 Å². The number of amides is 1. The van der Waals surface area contributed by atoms with Crippen LogP contribution < -0.4 is 5.73 Å². The number of unbranched alkanes of at least 4 members (excludes halogenated alkanes) is 15. The van der Waals surface area contributed by atoms with Crippen molar-refractivity contribution in [2.24, 2.45) is 5.73 Å². The maximum Gasteiger partial charge on any atom is 0.249 e. The molecule has 0 aliphatic carbocycles. The zero-order valence-electron chi connectivity index (χ0n) is 18.8. The quantitative estimate of drug-likeness (QED) is 0.211. The Hall–Kier alpha value is -0.570. The Kier molecular flexibility index (Phi) is 18.4. The van der Waals surface area contributed by atoms with Crippen LogP contribution in [0, 0.1) is 0 Å². The van der Waals surface area contributed by atoms with Crippen LogP contribution in [0.4, 0.5) is 0 Å². The van der Waals surface area contributed by atoms with Crippen molar-refractivity contribution in [3.8, 4) is 0 Å². The summed E-state index contributed by atoms with van der Waals surface area (Å²) in [6, 6.07) is 0. The Morgan fingerprint density at radius 3 is 1.33 bits per heavy atom. The van der Waals surface area contributed by atoms with Crippen LogP contribution in [0.25, 0.3) is 0 Å². The van der Waals surface area contributed by atoms with Crippen LogP contribution in [-0.2, 0) is 9.53 Å². The second kappa shape index (κ2) is 18.8. The molecule has 1 atom stereocenters. The fraction of sp³-hybridized carbons (Fsp3) is 0.958. The number of ether oxygens (including phenoxy) is 1. The van der Waals surface area contributed by atoms with Crippen molar-refractivity contribution in [1.29, 1.82) is 0 Å². The van der Waals surface area contributed by atoms with Crippen LogP contribution >= 0.6 is 0 Å². The molecule has 3 nitrogen and oxygen atoms in total. The van der Waals surface area contributed by atoms with Crippen molar-refractivity contribution >= 4 is 5.91 Å². The Balaban J connectivity index is 3.41. The van der Waals surface area contributed by atoms with Crippen molar-refractivity contribution in [3.63, 3.8) is 0 Å². The van der Waals surface area contributed by atoms with Crippen LogP contribution in [0.2, 0.25) is 0 Å². The van der Waals surface area contributed by atoms with Gasteiger partial charge in [-0.15, -0.1) is 0 Å². The van der Waals surface area contributed by atoms with Gasteiger partial charge in [0.2, 0.25) is 5.91 Å². The fourth-order valence-corrected chi connectivity index (χ4v) is 3.95. The number of primary amides is 1. The van der Waals surface area contributed by atoms with Crippen LogP contribution in [0.5, 0.6) is 0 Å². The van der Waals surface area contributed by atoms with Gasteiger partial charge in [0.05, 0.1) is 0 Å². The molecule has 0 saturated heterocycles. The predicted molar refractivity (Wildman–Crippen MR) is 118 cm³/mol. The highest BCUT2D eigenvalue weighted by atomic mass is 16.5. The van der Waals surface area contributed by atoms with Crippen molar-refractivity contribution in [3.05, 3.63) is 0 Å². The van der Waals surface area contributed by atoms with Crippen LogP contribution in [0.3, 0.4) is 0 Å². The van der Waals surface area contributed by atoms with Crippen LogP contribution in [0.15, 0.2) is 0 Å². The number of hydrogen-bond acceptors (Lipinski definition) is 2. The van der Waals surface area contributed by atoms with E-state index in [4.69, 9.17) is 10.5 Å². The third-order valence-electron chi connectivity index (χ3n) is 5.87. The summed E-state index contributed by atoms with van der Waals surface area (Å²) < 4.78 is 5.69. The number of carbonyl (C=O) groups excluding carboxylic acids is 1. The molecule has 0 aliphatic heterocycles. The molecule has 0 bridgehead atoms. The first-order valence-electron chi connectivity index (χ1n) is 12.1. The van der Waals surface area contributed by atoms with Gasteiger partial charge in [-0.3, -0.25) is 4.79 Å². The normalized spacial score (nSPS) is 13.6. The molecule has 0 fully saturated rings. The summed E-state index contributed by atoms with van der Waals surface area (Å²) in [4.78, 5) is 11.7. The molecule has 1 unspecified atom stereocenters. The zero-order chi connectivity index (χ0) is 20.2. The van der Waals surface area contributed by atoms with Crippen LogP contribution in [-0.4, -0.2) is 18.1 Å². The van der Waals surface area contributed by atoms with Gasteiger partial charge in [-0.05, 0) is 19.8 Å². The van der Waals surface area contributed by atoms with E-state index in [-0.39, 0.29) is 5.91 Å². The Morgan fingerprint density at radius 2 is 1.04 bits per heavy atom. The second-order valence-corrected chi connectivity index (χ2v) is 8.20. The molecule has 0 heterocycles. The molecule has 0 spiro atoms. The maximum absolute atomic E-state index is 11.7. The van der Waals surface area contributed by atoms with E-state index >= 15 is 0 Å². The number of nitrogens with two attached hydrogens (primary N) is 1. The molecule has 0 rings (SSSR count). The smallest absolute Gasteiger partial charge is 0.249 e. The van der Waals surface area contributed by atoms with Crippen molar-refractivity contribution in [2.75, 3.05) is 6.61 Å². The lowest BCUT2D eigenvalue weighted by Gasteiger charge is -2.29. The zero-order valence-corrected chi connectivity index (χ0v) is 18.8. The Morgan fingerprint density at radius 1 is 0.667 bits per heavy atom. The molecule has 0 aliphatic rings. The lowest BCUT2D eigenvalue weighted by molar-refractivity contribution is -0.145. The van der Waals surface area contributed by atoms with E-state index in [0.717, 1.165) is 12.8 Å². The van der Waals surface area contributed by atoms with Crippen LogP contribution in [0.1, 0.15) is 136 Å². The summed E-state index contributed by atoms with van der Waals surface area (Å²) in [5.41, 5.74) is 4.84. The largest absolute Gasteiger partial charge is 0.367 e. The molecular weight excluding hydrogens is 334 g/mol. The third kappa shape index (κ3) is 14.1. The fourth-order valence-electron chi connectivity index (χ4n) is 3.95.